The van der Waals surface area contributed by atoms with E-state index in [0.717, 1.165) is 32.5 Å². The molecule has 3 heteroatoms. The summed E-state index contributed by atoms with van der Waals surface area (Å²) in [6.45, 7) is 2.78. The first kappa shape index (κ1) is 8.97. The lowest BCUT2D eigenvalue weighted by Crippen LogP contribution is -2.38. The van der Waals surface area contributed by atoms with Crippen LogP contribution in [0.1, 0.15) is 12.8 Å². The summed E-state index contributed by atoms with van der Waals surface area (Å²) in [5, 5.41) is 9.02. The molecule has 0 aromatic rings. The van der Waals surface area contributed by atoms with Crippen molar-refractivity contribution < 1.29 is 5.11 Å². The third-order valence-electron chi connectivity index (χ3n) is 2.29. The molecule has 0 aromatic carbocycles. The van der Waals surface area contributed by atoms with Crippen LogP contribution in [0.3, 0.4) is 0 Å². The molecule has 1 aliphatic carbocycles. The Bertz CT molecular complexity index is 110. The summed E-state index contributed by atoms with van der Waals surface area (Å²) in [6.07, 6.45) is 1.94. The third kappa shape index (κ3) is 2.77. The first-order chi connectivity index (χ1) is 5.22. The monoisotopic (exact) mass is 158 g/mol. The van der Waals surface area contributed by atoms with Crippen LogP contribution < -0.4 is 5.73 Å². The van der Waals surface area contributed by atoms with Gasteiger partial charge in [-0.3, -0.25) is 0 Å². The zero-order valence-electron chi connectivity index (χ0n) is 7.16. The number of nitrogens with two attached hydrogens (primary N) is 1. The molecule has 0 radical (unpaired) electrons. The van der Waals surface area contributed by atoms with Crippen molar-refractivity contribution in [3.05, 3.63) is 0 Å². The maximum atomic E-state index is 9.02. The van der Waals surface area contributed by atoms with Crippen LogP contribution in [0.4, 0.5) is 0 Å². The second kappa shape index (κ2) is 4.04. The highest BCUT2D eigenvalue weighted by Crippen LogP contribution is 2.27. The minimum atomic E-state index is -0.0220. The second-order valence-electron chi connectivity index (χ2n) is 3.54. The quantitative estimate of drug-likeness (QED) is 0.588. The van der Waals surface area contributed by atoms with Gasteiger partial charge in [0.1, 0.15) is 0 Å². The van der Waals surface area contributed by atoms with E-state index in [9.17, 15) is 0 Å². The van der Waals surface area contributed by atoms with Crippen LogP contribution in [0.2, 0.25) is 0 Å². The number of nitrogens with zero attached hydrogens (tertiary/aromatic N) is 1. The van der Waals surface area contributed by atoms with Gasteiger partial charge < -0.3 is 15.7 Å². The largest absolute Gasteiger partial charge is 0.393 e. The Morgan fingerprint density at radius 1 is 1.55 bits per heavy atom. The van der Waals surface area contributed by atoms with Gasteiger partial charge in [-0.15, -0.1) is 0 Å². The first-order valence-corrected chi connectivity index (χ1v) is 4.29. The second-order valence-corrected chi connectivity index (χ2v) is 3.54. The highest BCUT2D eigenvalue weighted by Gasteiger charge is 2.27. The summed E-state index contributed by atoms with van der Waals surface area (Å²) in [5.41, 5.74) is 5.40. The Morgan fingerprint density at radius 3 is 2.64 bits per heavy atom. The molecule has 66 valence electrons. The molecule has 0 aliphatic heterocycles. The topological polar surface area (TPSA) is 49.5 Å². The van der Waals surface area contributed by atoms with Crippen LogP contribution in [-0.2, 0) is 0 Å². The van der Waals surface area contributed by atoms with E-state index in [2.05, 4.69) is 11.9 Å². The third-order valence-corrected chi connectivity index (χ3v) is 2.29. The molecule has 3 N–H and O–H groups in total. The molecule has 0 saturated heterocycles. The van der Waals surface area contributed by atoms with Gasteiger partial charge in [0.15, 0.2) is 0 Å². The fourth-order valence-corrected chi connectivity index (χ4v) is 1.60. The van der Waals surface area contributed by atoms with Crippen molar-refractivity contribution in [2.45, 2.75) is 18.9 Å². The molecular weight excluding hydrogens is 140 g/mol. The Kier molecular flexibility index (Phi) is 3.30. The van der Waals surface area contributed by atoms with E-state index < -0.39 is 0 Å². The predicted octanol–water partition coefficient (Wildman–Crippen LogP) is -0.352. The van der Waals surface area contributed by atoms with Gasteiger partial charge in [-0.05, 0) is 25.8 Å². The molecule has 1 saturated carbocycles. The van der Waals surface area contributed by atoms with Crippen LogP contribution in [0.15, 0.2) is 0 Å². The average Bonchev–Trinajstić information content (AvgIpc) is 1.85. The highest BCUT2D eigenvalue weighted by atomic mass is 16.3. The Hall–Kier alpha value is -0.120. The Balaban J connectivity index is 2.02. The minimum Gasteiger partial charge on any atom is -0.393 e. The molecule has 11 heavy (non-hydrogen) atoms. The van der Waals surface area contributed by atoms with E-state index in [0.29, 0.717) is 5.92 Å². The maximum absolute atomic E-state index is 9.02. The van der Waals surface area contributed by atoms with Crippen molar-refractivity contribution in [3.63, 3.8) is 0 Å². The molecule has 0 amide bonds. The smallest absolute Gasteiger partial charge is 0.0546 e. The van der Waals surface area contributed by atoms with Crippen LogP contribution in [0, 0.1) is 5.92 Å². The van der Waals surface area contributed by atoms with Gasteiger partial charge in [-0.2, -0.15) is 0 Å². The van der Waals surface area contributed by atoms with E-state index in [1.807, 2.05) is 0 Å². The molecule has 0 heterocycles. The van der Waals surface area contributed by atoms with Crippen molar-refractivity contribution in [3.8, 4) is 0 Å². The van der Waals surface area contributed by atoms with Crippen LogP contribution >= 0.6 is 0 Å². The molecule has 1 fully saturated rings. The van der Waals surface area contributed by atoms with Gasteiger partial charge >= 0.3 is 0 Å². The Morgan fingerprint density at radius 2 is 2.18 bits per heavy atom. The molecule has 0 aromatic heterocycles. The molecule has 0 bridgehead atoms. The number of hydrogen-bond acceptors (Lipinski definition) is 3. The van der Waals surface area contributed by atoms with Gasteiger partial charge in [-0.25, -0.2) is 0 Å². The number of likely N-dealkylation sites (N-methyl/N-ethyl adjacent to an activating group) is 1. The molecule has 1 aliphatic rings. The van der Waals surface area contributed by atoms with Crippen LogP contribution in [0.5, 0.6) is 0 Å². The van der Waals surface area contributed by atoms with E-state index in [1.165, 1.54) is 0 Å². The summed E-state index contributed by atoms with van der Waals surface area (Å²) >= 11 is 0. The highest BCUT2D eigenvalue weighted by molar-refractivity contribution is 4.80. The van der Waals surface area contributed by atoms with Crippen molar-refractivity contribution in [2.24, 2.45) is 11.7 Å². The normalized spacial score (nSPS) is 30.5. The summed E-state index contributed by atoms with van der Waals surface area (Å²) < 4.78 is 0. The average molecular weight is 158 g/mol. The van der Waals surface area contributed by atoms with E-state index in [-0.39, 0.29) is 6.10 Å². The molecule has 1 rings (SSSR count). The first-order valence-electron chi connectivity index (χ1n) is 4.29. The molecule has 3 nitrogen and oxygen atoms in total. The fourth-order valence-electron chi connectivity index (χ4n) is 1.60. The van der Waals surface area contributed by atoms with Crippen molar-refractivity contribution in [2.75, 3.05) is 26.7 Å². The molecule has 0 unspecified atom stereocenters. The van der Waals surface area contributed by atoms with E-state index >= 15 is 0 Å². The predicted molar refractivity (Wildman–Crippen MR) is 45.3 cm³/mol. The summed E-state index contributed by atoms with van der Waals surface area (Å²) in [7, 11) is 2.08. The van der Waals surface area contributed by atoms with Crippen LogP contribution in [-0.4, -0.2) is 42.8 Å². The van der Waals surface area contributed by atoms with Gasteiger partial charge in [-0.1, -0.05) is 0 Å². The summed E-state index contributed by atoms with van der Waals surface area (Å²) in [5.74, 6) is 0.710. The van der Waals surface area contributed by atoms with Gasteiger partial charge in [0.25, 0.3) is 0 Å². The van der Waals surface area contributed by atoms with Gasteiger partial charge in [0.05, 0.1) is 6.10 Å². The zero-order valence-corrected chi connectivity index (χ0v) is 7.16. The Labute approximate surface area is 68.2 Å². The lowest BCUT2D eigenvalue weighted by molar-refractivity contribution is 0.0288. The van der Waals surface area contributed by atoms with E-state index in [4.69, 9.17) is 10.8 Å². The zero-order chi connectivity index (χ0) is 8.27. The van der Waals surface area contributed by atoms with Gasteiger partial charge in [0, 0.05) is 19.6 Å². The molecule has 0 atom stereocenters. The molecular formula is C8H18N2O. The maximum Gasteiger partial charge on any atom is 0.0546 e. The number of aliphatic hydroxyl groups is 1. The number of aliphatic hydroxyl groups excluding tert-OH is 1. The number of rotatable bonds is 4. The lowest BCUT2D eigenvalue weighted by Gasteiger charge is -2.34. The van der Waals surface area contributed by atoms with Crippen molar-refractivity contribution in [1.82, 2.24) is 4.90 Å². The SMILES string of the molecule is CN(CCN)CC1CC(O)C1. The number of hydrogen-bond donors (Lipinski definition) is 2. The van der Waals surface area contributed by atoms with Gasteiger partial charge in [0.2, 0.25) is 0 Å². The van der Waals surface area contributed by atoms with Crippen LogP contribution in [0.25, 0.3) is 0 Å². The minimum absolute atomic E-state index is 0.0220. The standard InChI is InChI=1S/C8H18N2O/c1-10(3-2-9)6-7-4-8(11)5-7/h7-8,11H,2-6,9H2,1H3. The molecule has 0 spiro atoms. The fraction of sp³-hybridized carbons (Fsp3) is 1.00. The van der Waals surface area contributed by atoms with E-state index in [1.54, 1.807) is 0 Å². The lowest BCUT2D eigenvalue weighted by atomic mass is 9.82. The van der Waals surface area contributed by atoms with Crippen molar-refractivity contribution in [1.29, 1.82) is 0 Å². The summed E-state index contributed by atoms with van der Waals surface area (Å²) in [4.78, 5) is 2.23. The van der Waals surface area contributed by atoms with Crippen molar-refractivity contribution >= 4 is 0 Å². The summed E-state index contributed by atoms with van der Waals surface area (Å²) in [6, 6.07) is 0.